The molecule has 1 N–H and O–H groups in total. The van der Waals surface area contributed by atoms with E-state index in [-0.39, 0.29) is 11.1 Å². The zero-order chi connectivity index (χ0) is 15.4. The van der Waals surface area contributed by atoms with Gasteiger partial charge in [0.15, 0.2) is 0 Å². The van der Waals surface area contributed by atoms with E-state index < -0.39 is 5.97 Å². The number of aryl methyl sites for hydroxylation is 2. The van der Waals surface area contributed by atoms with Crippen LogP contribution in [-0.4, -0.2) is 15.6 Å². The molecule has 1 aromatic heterocycles. The summed E-state index contributed by atoms with van der Waals surface area (Å²) in [6, 6.07) is 6.49. The first-order valence-electron chi connectivity index (χ1n) is 7.42. The van der Waals surface area contributed by atoms with E-state index in [1.165, 1.54) is 12.5 Å². The summed E-state index contributed by atoms with van der Waals surface area (Å²) in [4.78, 5) is 23.2. The molecule has 0 aliphatic rings. The molecule has 1 aromatic carbocycles. The van der Waals surface area contributed by atoms with Crippen LogP contribution in [0.15, 0.2) is 29.1 Å². The molecule has 0 fully saturated rings. The molecule has 4 nitrogen and oxygen atoms in total. The van der Waals surface area contributed by atoms with E-state index in [2.05, 4.69) is 6.92 Å². The minimum Gasteiger partial charge on any atom is -0.478 e. The predicted molar refractivity (Wildman–Crippen MR) is 84.0 cm³/mol. The standard InChI is InChI=1S/C17H21NO3/c1-3-4-5-6-9-18-15(19)8-7-13-11-14(17(20)21)10-12(2)16(13)18/h7-8,10-11H,3-6,9H2,1-2H3,(H,20,21). The predicted octanol–water partition coefficient (Wildman–Crippen LogP) is 3.59. The number of nitrogens with zero attached hydrogens (tertiary/aromatic N) is 1. The number of hydrogen-bond acceptors (Lipinski definition) is 2. The Hall–Kier alpha value is -2.10. The van der Waals surface area contributed by atoms with Crippen LogP contribution in [0.1, 0.15) is 48.5 Å². The molecule has 0 unspecified atom stereocenters. The van der Waals surface area contributed by atoms with Gasteiger partial charge in [-0.3, -0.25) is 4.79 Å². The molecule has 21 heavy (non-hydrogen) atoms. The molecule has 0 radical (unpaired) electrons. The van der Waals surface area contributed by atoms with Crippen LogP contribution < -0.4 is 5.56 Å². The molecule has 0 spiro atoms. The summed E-state index contributed by atoms with van der Waals surface area (Å²) < 4.78 is 1.77. The molecular weight excluding hydrogens is 266 g/mol. The summed E-state index contributed by atoms with van der Waals surface area (Å²) >= 11 is 0. The van der Waals surface area contributed by atoms with Crippen LogP contribution in [-0.2, 0) is 6.54 Å². The second-order valence-electron chi connectivity index (χ2n) is 5.42. The van der Waals surface area contributed by atoms with E-state index in [1.54, 1.807) is 22.8 Å². The van der Waals surface area contributed by atoms with Crippen LogP contribution in [0.3, 0.4) is 0 Å². The van der Waals surface area contributed by atoms with Crippen molar-refractivity contribution in [1.82, 2.24) is 4.57 Å². The minimum absolute atomic E-state index is 0.0230. The van der Waals surface area contributed by atoms with Gasteiger partial charge in [0, 0.05) is 12.6 Å². The molecule has 0 aliphatic carbocycles. The fourth-order valence-corrected chi connectivity index (χ4v) is 2.71. The highest BCUT2D eigenvalue weighted by molar-refractivity contribution is 5.94. The van der Waals surface area contributed by atoms with Crippen molar-refractivity contribution in [2.24, 2.45) is 0 Å². The van der Waals surface area contributed by atoms with Crippen molar-refractivity contribution < 1.29 is 9.90 Å². The smallest absolute Gasteiger partial charge is 0.335 e. The van der Waals surface area contributed by atoms with Crippen molar-refractivity contribution in [1.29, 1.82) is 0 Å². The number of fused-ring (bicyclic) bond motifs is 1. The summed E-state index contributed by atoms with van der Waals surface area (Å²) in [6.45, 7) is 4.70. The van der Waals surface area contributed by atoms with Gasteiger partial charge in [-0.25, -0.2) is 4.79 Å². The Labute approximate surface area is 124 Å². The Bertz CT molecular complexity index is 716. The highest BCUT2D eigenvalue weighted by atomic mass is 16.4. The average molecular weight is 287 g/mol. The van der Waals surface area contributed by atoms with Gasteiger partial charge in [-0.15, -0.1) is 0 Å². The van der Waals surface area contributed by atoms with E-state index in [9.17, 15) is 9.59 Å². The van der Waals surface area contributed by atoms with Gasteiger partial charge in [0.25, 0.3) is 5.56 Å². The number of carbonyl (C=O) groups is 1. The van der Waals surface area contributed by atoms with E-state index in [0.717, 1.165) is 35.7 Å². The summed E-state index contributed by atoms with van der Waals surface area (Å²) in [5.41, 5.74) is 1.92. The van der Waals surface area contributed by atoms with E-state index in [4.69, 9.17) is 5.11 Å². The highest BCUT2D eigenvalue weighted by Crippen LogP contribution is 2.20. The van der Waals surface area contributed by atoms with Gasteiger partial charge in [0.2, 0.25) is 0 Å². The number of unbranched alkanes of at least 4 members (excludes halogenated alkanes) is 3. The lowest BCUT2D eigenvalue weighted by atomic mass is 10.1. The molecule has 0 bridgehead atoms. The lowest BCUT2D eigenvalue weighted by Gasteiger charge is -2.13. The number of benzene rings is 1. The van der Waals surface area contributed by atoms with E-state index in [0.29, 0.717) is 6.54 Å². The molecule has 2 aromatic rings. The Morgan fingerprint density at radius 3 is 2.62 bits per heavy atom. The zero-order valence-corrected chi connectivity index (χ0v) is 12.6. The second kappa shape index (κ2) is 6.57. The molecule has 112 valence electrons. The van der Waals surface area contributed by atoms with Gasteiger partial charge in [-0.2, -0.15) is 0 Å². The molecule has 0 saturated carbocycles. The molecule has 4 heteroatoms. The number of carboxylic acid groups (broad SMARTS) is 1. The summed E-state index contributed by atoms with van der Waals surface area (Å²) in [5, 5.41) is 9.93. The lowest BCUT2D eigenvalue weighted by molar-refractivity contribution is 0.0697. The first-order valence-corrected chi connectivity index (χ1v) is 7.42. The fourth-order valence-electron chi connectivity index (χ4n) is 2.71. The van der Waals surface area contributed by atoms with Crippen LogP contribution in [0.4, 0.5) is 0 Å². The molecule has 0 amide bonds. The zero-order valence-electron chi connectivity index (χ0n) is 12.6. The van der Waals surface area contributed by atoms with E-state index >= 15 is 0 Å². The summed E-state index contributed by atoms with van der Waals surface area (Å²) in [5.74, 6) is -0.944. The topological polar surface area (TPSA) is 59.3 Å². The van der Waals surface area contributed by atoms with Gasteiger partial charge in [-0.1, -0.05) is 26.2 Å². The Kier molecular flexibility index (Phi) is 4.78. The van der Waals surface area contributed by atoms with Gasteiger partial charge < -0.3 is 9.67 Å². The maximum Gasteiger partial charge on any atom is 0.335 e. The first-order chi connectivity index (χ1) is 10.0. The fraction of sp³-hybridized carbons (Fsp3) is 0.412. The lowest BCUT2D eigenvalue weighted by Crippen LogP contribution is -2.20. The number of pyridine rings is 1. The summed E-state index contributed by atoms with van der Waals surface area (Å²) in [7, 11) is 0. The van der Waals surface area contributed by atoms with Gasteiger partial charge in [0.1, 0.15) is 0 Å². The number of aromatic nitrogens is 1. The molecular formula is C17H21NO3. The van der Waals surface area contributed by atoms with Gasteiger partial charge in [-0.05, 0) is 42.5 Å². The SMILES string of the molecule is CCCCCCn1c(=O)ccc2cc(C(=O)O)cc(C)c21. The average Bonchev–Trinajstić information content (AvgIpc) is 2.45. The van der Waals surface area contributed by atoms with Crippen LogP contribution >= 0.6 is 0 Å². The highest BCUT2D eigenvalue weighted by Gasteiger charge is 2.10. The third-order valence-electron chi connectivity index (χ3n) is 3.75. The van der Waals surface area contributed by atoms with Crippen molar-refractivity contribution in [3.63, 3.8) is 0 Å². The van der Waals surface area contributed by atoms with Crippen LogP contribution in [0.2, 0.25) is 0 Å². The number of carboxylic acids is 1. The van der Waals surface area contributed by atoms with Crippen molar-refractivity contribution in [3.05, 3.63) is 45.7 Å². The van der Waals surface area contributed by atoms with Crippen LogP contribution in [0.5, 0.6) is 0 Å². The molecule has 0 atom stereocenters. The second-order valence-corrected chi connectivity index (χ2v) is 5.42. The van der Waals surface area contributed by atoms with Crippen molar-refractivity contribution in [3.8, 4) is 0 Å². The normalized spacial score (nSPS) is 11.0. The molecule has 1 heterocycles. The molecule has 0 saturated heterocycles. The van der Waals surface area contributed by atoms with Crippen LogP contribution in [0, 0.1) is 6.92 Å². The molecule has 2 rings (SSSR count). The number of aromatic carboxylic acids is 1. The third kappa shape index (κ3) is 3.32. The van der Waals surface area contributed by atoms with Crippen molar-refractivity contribution >= 4 is 16.9 Å². The van der Waals surface area contributed by atoms with E-state index in [1.807, 2.05) is 6.92 Å². The first kappa shape index (κ1) is 15.3. The van der Waals surface area contributed by atoms with Gasteiger partial charge >= 0.3 is 5.97 Å². The quantitative estimate of drug-likeness (QED) is 0.826. The largest absolute Gasteiger partial charge is 0.478 e. The maximum absolute atomic E-state index is 12.1. The summed E-state index contributed by atoms with van der Waals surface area (Å²) in [6.07, 6.45) is 4.39. The van der Waals surface area contributed by atoms with Crippen molar-refractivity contribution in [2.75, 3.05) is 0 Å². The van der Waals surface area contributed by atoms with Crippen molar-refractivity contribution in [2.45, 2.75) is 46.1 Å². The minimum atomic E-state index is -0.944. The Morgan fingerprint density at radius 1 is 1.19 bits per heavy atom. The molecule has 0 aliphatic heterocycles. The monoisotopic (exact) mass is 287 g/mol. The van der Waals surface area contributed by atoms with Gasteiger partial charge in [0.05, 0.1) is 11.1 Å². The Morgan fingerprint density at radius 2 is 1.95 bits per heavy atom. The number of hydrogen-bond donors (Lipinski definition) is 1. The maximum atomic E-state index is 12.1. The third-order valence-corrected chi connectivity index (χ3v) is 3.75. The number of rotatable bonds is 6. The van der Waals surface area contributed by atoms with Crippen LogP contribution in [0.25, 0.3) is 10.9 Å². The Balaban J connectivity index is 2.46.